The highest BCUT2D eigenvalue weighted by atomic mass is 16.5. The predicted molar refractivity (Wildman–Crippen MR) is 129 cm³/mol. The SMILES string of the molecule is C=CCOc1ccc(C2C(=C(O)c3c(C)nc4ccccn34)C(=O)C(=O)N2Cc2ccco2)cc1. The first-order valence-corrected chi connectivity index (χ1v) is 11.1. The third kappa shape index (κ3) is 3.89. The van der Waals surface area contributed by atoms with Gasteiger partial charge in [0.1, 0.15) is 29.5 Å². The van der Waals surface area contributed by atoms with Crippen molar-refractivity contribution in [1.82, 2.24) is 14.3 Å². The Morgan fingerprint density at radius 1 is 1.17 bits per heavy atom. The second-order valence-corrected chi connectivity index (χ2v) is 8.15. The summed E-state index contributed by atoms with van der Waals surface area (Å²) in [5, 5.41) is 11.5. The minimum absolute atomic E-state index is 0.00457. The van der Waals surface area contributed by atoms with Crippen molar-refractivity contribution >= 4 is 23.1 Å². The van der Waals surface area contributed by atoms with Crippen LogP contribution in [0.5, 0.6) is 5.75 Å². The number of hydrogen-bond acceptors (Lipinski definition) is 6. The van der Waals surface area contributed by atoms with Gasteiger partial charge in [0, 0.05) is 6.20 Å². The molecule has 176 valence electrons. The van der Waals surface area contributed by atoms with E-state index in [0.29, 0.717) is 40.7 Å². The number of aliphatic hydroxyl groups is 1. The lowest BCUT2D eigenvalue weighted by Crippen LogP contribution is -2.29. The summed E-state index contributed by atoms with van der Waals surface area (Å²) in [4.78, 5) is 32.4. The summed E-state index contributed by atoms with van der Waals surface area (Å²) in [5.74, 6) is -0.621. The van der Waals surface area contributed by atoms with Crippen molar-refractivity contribution in [2.24, 2.45) is 0 Å². The molecule has 35 heavy (non-hydrogen) atoms. The van der Waals surface area contributed by atoms with Crippen LogP contribution in [0.25, 0.3) is 11.4 Å². The molecule has 0 saturated carbocycles. The monoisotopic (exact) mass is 469 g/mol. The van der Waals surface area contributed by atoms with Gasteiger partial charge in [0.25, 0.3) is 11.7 Å². The number of aryl methyl sites for hydroxylation is 1. The molecule has 1 aliphatic heterocycles. The molecule has 3 aromatic heterocycles. The molecular weight excluding hydrogens is 446 g/mol. The topological polar surface area (TPSA) is 97.3 Å². The number of rotatable bonds is 7. The number of carbonyl (C=O) groups excluding carboxylic acids is 2. The number of Topliss-reactive ketones (excluding diaryl/α,β-unsaturated/α-hetero) is 1. The van der Waals surface area contributed by atoms with E-state index in [4.69, 9.17) is 9.15 Å². The molecule has 0 spiro atoms. The van der Waals surface area contributed by atoms with Gasteiger partial charge in [-0.1, -0.05) is 30.9 Å². The number of ether oxygens (including phenoxy) is 1. The van der Waals surface area contributed by atoms with Gasteiger partial charge < -0.3 is 19.2 Å². The van der Waals surface area contributed by atoms with Gasteiger partial charge in [0.05, 0.1) is 30.1 Å². The Balaban J connectivity index is 1.66. The lowest BCUT2D eigenvalue weighted by molar-refractivity contribution is -0.140. The molecule has 8 heteroatoms. The van der Waals surface area contributed by atoms with E-state index < -0.39 is 17.7 Å². The number of fused-ring (bicyclic) bond motifs is 1. The first-order chi connectivity index (χ1) is 17.0. The molecule has 0 aliphatic carbocycles. The van der Waals surface area contributed by atoms with Crippen LogP contribution in [0.1, 0.15) is 28.8 Å². The zero-order valence-electron chi connectivity index (χ0n) is 19.0. The van der Waals surface area contributed by atoms with Crippen LogP contribution in [0.2, 0.25) is 0 Å². The summed E-state index contributed by atoms with van der Waals surface area (Å²) < 4.78 is 12.7. The van der Waals surface area contributed by atoms with Crippen molar-refractivity contribution in [3.05, 3.63) is 108 Å². The summed E-state index contributed by atoms with van der Waals surface area (Å²) in [7, 11) is 0. The van der Waals surface area contributed by atoms with Crippen molar-refractivity contribution in [3.63, 3.8) is 0 Å². The molecule has 5 rings (SSSR count). The average molecular weight is 469 g/mol. The smallest absolute Gasteiger partial charge is 0.296 e. The van der Waals surface area contributed by atoms with Crippen LogP contribution in [0.3, 0.4) is 0 Å². The van der Waals surface area contributed by atoms with E-state index in [0.717, 1.165) is 0 Å². The van der Waals surface area contributed by atoms with E-state index in [-0.39, 0.29) is 17.9 Å². The molecule has 1 aromatic carbocycles. The summed E-state index contributed by atoms with van der Waals surface area (Å²) in [5.41, 5.74) is 2.17. The van der Waals surface area contributed by atoms with E-state index in [1.807, 2.05) is 6.07 Å². The molecule has 1 unspecified atom stereocenters. The Hall–Kier alpha value is -4.59. The van der Waals surface area contributed by atoms with Gasteiger partial charge in [-0.15, -0.1) is 0 Å². The lowest BCUT2D eigenvalue weighted by Gasteiger charge is -2.24. The second-order valence-electron chi connectivity index (χ2n) is 8.15. The van der Waals surface area contributed by atoms with Crippen LogP contribution >= 0.6 is 0 Å². The number of likely N-dealkylation sites (tertiary alicyclic amines) is 1. The normalized spacial score (nSPS) is 17.3. The van der Waals surface area contributed by atoms with Crippen LogP contribution in [-0.2, 0) is 16.1 Å². The Morgan fingerprint density at radius 3 is 2.69 bits per heavy atom. The zero-order chi connectivity index (χ0) is 24.5. The number of aromatic nitrogens is 2. The maximum absolute atomic E-state index is 13.3. The van der Waals surface area contributed by atoms with Crippen LogP contribution in [0, 0.1) is 6.92 Å². The van der Waals surface area contributed by atoms with E-state index in [1.165, 1.54) is 11.2 Å². The maximum atomic E-state index is 13.3. The Kier molecular flexibility index (Phi) is 5.70. The highest BCUT2D eigenvalue weighted by molar-refractivity contribution is 6.46. The zero-order valence-corrected chi connectivity index (χ0v) is 19.0. The van der Waals surface area contributed by atoms with Gasteiger partial charge in [0.2, 0.25) is 0 Å². The average Bonchev–Trinajstić information content (AvgIpc) is 3.56. The van der Waals surface area contributed by atoms with Gasteiger partial charge >= 0.3 is 0 Å². The molecule has 1 saturated heterocycles. The van der Waals surface area contributed by atoms with Gasteiger partial charge in [-0.05, 0) is 48.9 Å². The fraction of sp³-hybridized carbons (Fsp3) is 0.148. The second kappa shape index (κ2) is 8.98. The molecule has 1 amide bonds. The fourth-order valence-corrected chi connectivity index (χ4v) is 4.39. The van der Waals surface area contributed by atoms with Gasteiger partial charge in [0.15, 0.2) is 5.76 Å². The van der Waals surface area contributed by atoms with Crippen molar-refractivity contribution in [2.45, 2.75) is 19.5 Å². The van der Waals surface area contributed by atoms with Gasteiger partial charge in [-0.3, -0.25) is 14.0 Å². The Bertz CT molecular complexity index is 1450. The van der Waals surface area contributed by atoms with Crippen LogP contribution in [0.4, 0.5) is 0 Å². The van der Waals surface area contributed by atoms with Gasteiger partial charge in [-0.25, -0.2) is 4.98 Å². The number of hydrogen-bond donors (Lipinski definition) is 1. The third-order valence-electron chi connectivity index (χ3n) is 5.94. The van der Waals surface area contributed by atoms with Crippen LogP contribution in [-0.4, -0.2) is 37.7 Å². The number of amides is 1. The summed E-state index contributed by atoms with van der Waals surface area (Å²) in [6.45, 7) is 5.82. The number of furan rings is 1. The highest BCUT2D eigenvalue weighted by Crippen LogP contribution is 2.41. The van der Waals surface area contributed by atoms with E-state index in [2.05, 4.69) is 11.6 Å². The van der Waals surface area contributed by atoms with E-state index in [1.54, 1.807) is 72.1 Å². The number of benzene rings is 1. The molecule has 1 atom stereocenters. The number of ketones is 1. The molecule has 0 bridgehead atoms. The molecule has 4 heterocycles. The number of nitrogens with zero attached hydrogens (tertiary/aromatic N) is 3. The third-order valence-corrected chi connectivity index (χ3v) is 5.94. The highest BCUT2D eigenvalue weighted by Gasteiger charge is 2.47. The molecule has 1 aliphatic rings. The molecule has 0 radical (unpaired) electrons. The van der Waals surface area contributed by atoms with Crippen molar-refractivity contribution in [3.8, 4) is 5.75 Å². The van der Waals surface area contributed by atoms with Crippen LogP contribution in [0.15, 0.2) is 89.7 Å². The number of aliphatic hydroxyl groups excluding tert-OH is 1. The first kappa shape index (κ1) is 22.2. The fourth-order valence-electron chi connectivity index (χ4n) is 4.39. The first-order valence-electron chi connectivity index (χ1n) is 11.1. The van der Waals surface area contributed by atoms with Crippen molar-refractivity contribution < 1.29 is 23.8 Å². The number of carbonyl (C=O) groups is 2. The molecule has 8 nitrogen and oxygen atoms in total. The standard InChI is InChI=1S/C27H23N3O5/c1-3-14-34-19-11-9-18(10-12-19)24-22(26(32)27(33)30(24)16-20-7-6-15-35-20)25(31)23-17(2)28-21-8-4-5-13-29(21)23/h3-13,15,24,31H,1,14,16H2,2H3. The van der Waals surface area contributed by atoms with Crippen molar-refractivity contribution in [2.75, 3.05) is 6.61 Å². The maximum Gasteiger partial charge on any atom is 0.296 e. The minimum atomic E-state index is -0.831. The Labute approximate surface area is 201 Å². The van der Waals surface area contributed by atoms with Crippen molar-refractivity contribution in [1.29, 1.82) is 0 Å². The quantitative estimate of drug-likeness (QED) is 0.186. The molecule has 1 fully saturated rings. The summed E-state index contributed by atoms with van der Waals surface area (Å²) in [6, 6.07) is 15.1. The predicted octanol–water partition coefficient (Wildman–Crippen LogP) is 4.42. The summed E-state index contributed by atoms with van der Waals surface area (Å²) >= 11 is 0. The summed E-state index contributed by atoms with van der Waals surface area (Å²) in [6.07, 6.45) is 4.91. The largest absolute Gasteiger partial charge is 0.505 e. The minimum Gasteiger partial charge on any atom is -0.505 e. The lowest BCUT2D eigenvalue weighted by atomic mass is 9.96. The number of pyridine rings is 1. The number of imidazole rings is 1. The van der Waals surface area contributed by atoms with E-state index in [9.17, 15) is 14.7 Å². The molecular formula is C27H23N3O5. The van der Waals surface area contributed by atoms with E-state index >= 15 is 0 Å². The Morgan fingerprint density at radius 2 is 1.97 bits per heavy atom. The molecule has 4 aromatic rings. The van der Waals surface area contributed by atoms with Gasteiger partial charge in [-0.2, -0.15) is 0 Å². The van der Waals surface area contributed by atoms with Crippen LogP contribution < -0.4 is 4.74 Å². The molecule has 1 N–H and O–H groups in total.